The fraction of sp³-hybridized carbons (Fsp3) is 0.538. The summed E-state index contributed by atoms with van der Waals surface area (Å²) in [5, 5.41) is 14.2. The van der Waals surface area contributed by atoms with E-state index in [1.807, 2.05) is 0 Å². The summed E-state index contributed by atoms with van der Waals surface area (Å²) in [5.41, 5.74) is 0.837. The van der Waals surface area contributed by atoms with Crippen molar-refractivity contribution in [1.82, 2.24) is 5.32 Å². The molecule has 0 radical (unpaired) electrons. The average Bonchev–Trinajstić information content (AvgIpc) is 2.89. The van der Waals surface area contributed by atoms with Crippen molar-refractivity contribution in [3.05, 3.63) is 38.9 Å². The molecule has 1 fully saturated rings. The smallest absolute Gasteiger partial charge is 0.288 e. The first-order chi connectivity index (χ1) is 9.16. The van der Waals surface area contributed by atoms with Gasteiger partial charge in [0.25, 0.3) is 5.69 Å². The predicted octanol–water partition coefficient (Wildman–Crippen LogP) is 2.76. The van der Waals surface area contributed by atoms with Gasteiger partial charge in [-0.3, -0.25) is 10.1 Å². The maximum Gasteiger partial charge on any atom is 0.288 e. The second-order valence-electron chi connectivity index (χ2n) is 4.74. The molecule has 6 heteroatoms. The van der Waals surface area contributed by atoms with Crippen molar-refractivity contribution < 1.29 is 9.66 Å². The summed E-state index contributed by atoms with van der Waals surface area (Å²) in [5.74, 6) is 0.645. The number of hydrogen-bond acceptors (Lipinski definition) is 4. The first-order valence-electron chi connectivity index (χ1n) is 6.38. The molecule has 1 aromatic rings. The Hall–Kier alpha value is -1.17. The molecule has 0 saturated carbocycles. The third-order valence-electron chi connectivity index (χ3n) is 3.29. The Morgan fingerprint density at radius 2 is 2.37 bits per heavy atom. The zero-order chi connectivity index (χ0) is 13.7. The molecule has 1 saturated heterocycles. The number of nitro benzene ring substituents is 1. The highest BCUT2D eigenvalue weighted by Gasteiger charge is 2.15. The van der Waals surface area contributed by atoms with Gasteiger partial charge in [0.05, 0.1) is 4.92 Å². The van der Waals surface area contributed by atoms with Gasteiger partial charge in [0.15, 0.2) is 0 Å². The number of hydrogen-bond donors (Lipinski definition) is 1. The van der Waals surface area contributed by atoms with Gasteiger partial charge in [0, 0.05) is 25.8 Å². The lowest BCUT2D eigenvalue weighted by atomic mass is 10.1. The molecule has 104 valence electrons. The maximum absolute atomic E-state index is 10.8. The van der Waals surface area contributed by atoms with Crippen LogP contribution in [-0.4, -0.2) is 24.7 Å². The Morgan fingerprint density at radius 1 is 1.53 bits per heavy atom. The predicted molar refractivity (Wildman–Crippen MR) is 73.4 cm³/mol. The highest BCUT2D eigenvalue weighted by Crippen LogP contribution is 2.25. The molecule has 0 spiro atoms. The number of benzene rings is 1. The zero-order valence-electron chi connectivity index (χ0n) is 10.6. The molecule has 19 heavy (non-hydrogen) atoms. The van der Waals surface area contributed by atoms with Gasteiger partial charge < -0.3 is 10.1 Å². The van der Waals surface area contributed by atoms with Crippen LogP contribution in [0.4, 0.5) is 5.69 Å². The quantitative estimate of drug-likeness (QED) is 0.496. The minimum atomic E-state index is -0.457. The largest absolute Gasteiger partial charge is 0.381 e. The van der Waals surface area contributed by atoms with Crippen molar-refractivity contribution in [2.45, 2.75) is 19.4 Å². The molecule has 1 aliphatic rings. The SMILES string of the molecule is O=[N+]([O-])c1cc(CNCCC2CCOC2)ccc1Cl. The van der Waals surface area contributed by atoms with Crippen LogP contribution < -0.4 is 5.32 Å². The van der Waals surface area contributed by atoms with Gasteiger partial charge in [0.2, 0.25) is 0 Å². The van der Waals surface area contributed by atoms with Gasteiger partial charge in [-0.1, -0.05) is 17.7 Å². The monoisotopic (exact) mass is 284 g/mol. The standard InChI is InChI=1S/C13H17ClN2O3/c14-12-2-1-11(7-13(12)16(17)18)8-15-5-3-10-4-6-19-9-10/h1-2,7,10,15H,3-6,8-9H2. The summed E-state index contributed by atoms with van der Waals surface area (Å²) >= 11 is 5.76. The molecule has 2 rings (SSSR count). The van der Waals surface area contributed by atoms with E-state index in [-0.39, 0.29) is 10.7 Å². The minimum absolute atomic E-state index is 0.0369. The summed E-state index contributed by atoms with van der Waals surface area (Å²) < 4.78 is 5.31. The number of nitro groups is 1. The van der Waals surface area contributed by atoms with Crippen molar-refractivity contribution >= 4 is 17.3 Å². The van der Waals surface area contributed by atoms with Crippen LogP contribution in [0.25, 0.3) is 0 Å². The molecule has 0 bridgehead atoms. The van der Waals surface area contributed by atoms with Crippen LogP contribution in [0, 0.1) is 16.0 Å². The molecule has 5 nitrogen and oxygen atoms in total. The summed E-state index contributed by atoms with van der Waals surface area (Å²) in [6, 6.07) is 4.90. The maximum atomic E-state index is 10.8. The van der Waals surface area contributed by atoms with E-state index in [9.17, 15) is 10.1 Å². The Morgan fingerprint density at radius 3 is 3.05 bits per heavy atom. The molecular weight excluding hydrogens is 268 g/mol. The lowest BCUT2D eigenvalue weighted by Crippen LogP contribution is -2.18. The summed E-state index contributed by atoms with van der Waals surface area (Å²) in [6.07, 6.45) is 2.21. The van der Waals surface area contributed by atoms with Crippen LogP contribution in [0.5, 0.6) is 0 Å². The molecule has 0 aromatic heterocycles. The van der Waals surface area contributed by atoms with Crippen LogP contribution in [0.2, 0.25) is 5.02 Å². The molecule has 1 aromatic carbocycles. The summed E-state index contributed by atoms with van der Waals surface area (Å²) in [6.45, 7) is 3.23. The van der Waals surface area contributed by atoms with E-state index in [1.165, 1.54) is 6.07 Å². The van der Waals surface area contributed by atoms with E-state index in [1.54, 1.807) is 12.1 Å². The van der Waals surface area contributed by atoms with Gasteiger partial charge >= 0.3 is 0 Å². The minimum Gasteiger partial charge on any atom is -0.381 e. The van der Waals surface area contributed by atoms with E-state index in [4.69, 9.17) is 16.3 Å². The van der Waals surface area contributed by atoms with Crippen molar-refractivity contribution in [3.8, 4) is 0 Å². The molecule has 1 atom stereocenters. The van der Waals surface area contributed by atoms with Gasteiger partial charge in [0.1, 0.15) is 5.02 Å². The van der Waals surface area contributed by atoms with E-state index in [0.717, 1.165) is 38.2 Å². The first-order valence-corrected chi connectivity index (χ1v) is 6.76. The second kappa shape index (κ2) is 6.84. The average molecular weight is 285 g/mol. The fourth-order valence-electron chi connectivity index (χ4n) is 2.16. The Labute approximate surface area is 117 Å². The van der Waals surface area contributed by atoms with Crippen LogP contribution >= 0.6 is 11.6 Å². The lowest BCUT2D eigenvalue weighted by Gasteiger charge is -2.08. The lowest BCUT2D eigenvalue weighted by molar-refractivity contribution is -0.384. The normalized spacial score (nSPS) is 18.7. The highest BCUT2D eigenvalue weighted by atomic mass is 35.5. The van der Waals surface area contributed by atoms with Crippen LogP contribution in [0.15, 0.2) is 18.2 Å². The first kappa shape index (κ1) is 14.2. The second-order valence-corrected chi connectivity index (χ2v) is 5.15. The molecular formula is C13H17ClN2O3. The summed E-state index contributed by atoms with van der Waals surface area (Å²) in [4.78, 5) is 10.3. The van der Waals surface area contributed by atoms with Gasteiger partial charge in [-0.2, -0.15) is 0 Å². The number of nitrogens with zero attached hydrogens (tertiary/aromatic N) is 1. The van der Waals surface area contributed by atoms with Gasteiger partial charge in [-0.25, -0.2) is 0 Å². The third-order valence-corrected chi connectivity index (χ3v) is 3.61. The molecule has 1 N–H and O–H groups in total. The molecule has 0 aliphatic carbocycles. The number of rotatable bonds is 6. The highest BCUT2D eigenvalue weighted by molar-refractivity contribution is 6.32. The van der Waals surface area contributed by atoms with E-state index in [2.05, 4.69) is 5.32 Å². The Balaban J connectivity index is 1.79. The Kier molecular flexibility index (Phi) is 5.13. The van der Waals surface area contributed by atoms with Crippen molar-refractivity contribution in [3.63, 3.8) is 0 Å². The van der Waals surface area contributed by atoms with Crippen LogP contribution in [0.1, 0.15) is 18.4 Å². The van der Waals surface area contributed by atoms with Gasteiger partial charge in [-0.05, 0) is 36.9 Å². The fourth-order valence-corrected chi connectivity index (χ4v) is 2.34. The molecule has 0 amide bonds. The van der Waals surface area contributed by atoms with E-state index >= 15 is 0 Å². The molecule has 1 unspecified atom stereocenters. The van der Waals surface area contributed by atoms with Crippen LogP contribution in [-0.2, 0) is 11.3 Å². The van der Waals surface area contributed by atoms with Crippen molar-refractivity contribution in [2.24, 2.45) is 5.92 Å². The molecule has 1 aliphatic heterocycles. The Bertz CT molecular complexity index is 448. The zero-order valence-corrected chi connectivity index (χ0v) is 11.4. The third kappa shape index (κ3) is 4.16. The van der Waals surface area contributed by atoms with Crippen molar-refractivity contribution in [1.29, 1.82) is 0 Å². The summed E-state index contributed by atoms with van der Waals surface area (Å²) in [7, 11) is 0. The number of nitrogens with one attached hydrogen (secondary N) is 1. The number of ether oxygens (including phenoxy) is 1. The van der Waals surface area contributed by atoms with Crippen LogP contribution in [0.3, 0.4) is 0 Å². The molecule has 1 heterocycles. The van der Waals surface area contributed by atoms with Crippen molar-refractivity contribution in [2.75, 3.05) is 19.8 Å². The number of halogens is 1. The van der Waals surface area contributed by atoms with Gasteiger partial charge in [-0.15, -0.1) is 0 Å². The topological polar surface area (TPSA) is 64.4 Å². The van der Waals surface area contributed by atoms with E-state index < -0.39 is 4.92 Å². The van der Waals surface area contributed by atoms with E-state index in [0.29, 0.717) is 12.5 Å².